The highest BCUT2D eigenvalue weighted by molar-refractivity contribution is 7.22. The van der Waals surface area contributed by atoms with Crippen LogP contribution in [0, 0.1) is 12.7 Å². The van der Waals surface area contributed by atoms with Gasteiger partial charge in [-0.3, -0.25) is 14.7 Å². The van der Waals surface area contributed by atoms with Crippen molar-refractivity contribution < 1.29 is 9.18 Å². The molecule has 10 heteroatoms. The number of carbonyl (C=O) groups is 1. The van der Waals surface area contributed by atoms with E-state index in [2.05, 4.69) is 31.5 Å². The van der Waals surface area contributed by atoms with Gasteiger partial charge < -0.3 is 5.32 Å². The molecule has 0 unspecified atom stereocenters. The normalized spacial score (nSPS) is 15.7. The van der Waals surface area contributed by atoms with Gasteiger partial charge in [-0.15, -0.1) is 21.5 Å². The number of rotatable bonds is 5. The minimum atomic E-state index is -0.584. The Kier molecular flexibility index (Phi) is 6.45. The molecule has 0 saturated carbocycles. The van der Waals surface area contributed by atoms with Gasteiger partial charge in [-0.1, -0.05) is 17.4 Å². The lowest BCUT2D eigenvalue weighted by molar-refractivity contribution is 0.0968. The molecule has 4 aromatic heterocycles. The molecule has 1 aliphatic rings. The second kappa shape index (κ2) is 10.0. The molecule has 1 amide bonds. The minimum absolute atomic E-state index is 0.0129. The second-order valence-electron chi connectivity index (χ2n) is 8.89. The number of hydrogen-bond donors (Lipinski definition) is 1. The van der Waals surface area contributed by atoms with Crippen LogP contribution in [0.4, 0.5) is 10.2 Å². The third kappa shape index (κ3) is 4.63. The molecular weight excluding hydrogens is 507 g/mol. The zero-order valence-electron chi connectivity index (χ0n) is 20.0. The first-order valence-corrected chi connectivity index (χ1v) is 13.6. The van der Waals surface area contributed by atoms with E-state index < -0.39 is 11.7 Å². The number of thiophene rings is 1. The smallest absolute Gasteiger partial charge is 0.262 e. The summed E-state index contributed by atoms with van der Waals surface area (Å²) in [6.45, 7) is 3.36. The van der Waals surface area contributed by atoms with Gasteiger partial charge in [-0.05, 0) is 68.3 Å². The van der Waals surface area contributed by atoms with Crippen molar-refractivity contribution >= 4 is 44.5 Å². The molecule has 6 rings (SSSR count). The molecule has 37 heavy (non-hydrogen) atoms. The van der Waals surface area contributed by atoms with E-state index >= 15 is 4.39 Å². The highest BCUT2D eigenvalue weighted by Crippen LogP contribution is 2.38. The fraction of sp³-hybridized carbons (Fsp3) is 0.222. The van der Waals surface area contributed by atoms with Crippen molar-refractivity contribution in [1.29, 1.82) is 0 Å². The second-order valence-corrected chi connectivity index (χ2v) is 11.2. The average Bonchev–Trinajstić information content (AvgIpc) is 3.57. The molecule has 1 N–H and O–H groups in total. The number of halogens is 1. The van der Waals surface area contributed by atoms with Crippen LogP contribution in [-0.4, -0.2) is 45.2 Å². The summed E-state index contributed by atoms with van der Waals surface area (Å²) in [6, 6.07) is 12.4. The van der Waals surface area contributed by atoms with Crippen molar-refractivity contribution in [3.8, 4) is 21.0 Å². The molecule has 5 aromatic rings. The average molecular weight is 531 g/mol. The lowest BCUT2D eigenvalue weighted by Gasteiger charge is -2.34. The summed E-state index contributed by atoms with van der Waals surface area (Å²) < 4.78 is 16.5. The van der Waals surface area contributed by atoms with Crippen LogP contribution in [0.2, 0.25) is 0 Å². The predicted octanol–water partition coefficient (Wildman–Crippen LogP) is 5.72. The van der Waals surface area contributed by atoms with Crippen LogP contribution in [0.1, 0.15) is 28.2 Å². The van der Waals surface area contributed by atoms with E-state index in [1.165, 1.54) is 17.4 Å². The number of carbonyl (C=O) groups excluding carboxylic acids is 1. The molecule has 186 valence electrons. The Morgan fingerprint density at radius 2 is 1.92 bits per heavy atom. The standard InChI is InChI=1S/C27H23FN6OS2/c1-16-32-33-26(36-16)18-4-5-20(22(28)13-18)27(35)34(19-3-2-9-30-15-19)25-21-14-24(17-6-10-29-11-7-17)37-23(21)8-12-31-25/h4-8,10-14,19,30H,2-3,9,15H2,1H3/t19-/m1/s1. The third-order valence-corrected chi connectivity index (χ3v) is 8.48. The largest absolute Gasteiger partial charge is 0.315 e. The SMILES string of the molecule is Cc1nnc(-c2ccc(C(=O)N(c3nccc4sc(-c5ccncc5)cc34)[C@@H]3CCCNC3)c(F)c2)s1. The number of hydrogen-bond acceptors (Lipinski definition) is 8. The van der Waals surface area contributed by atoms with Crippen LogP contribution < -0.4 is 10.2 Å². The van der Waals surface area contributed by atoms with Crippen LogP contribution in [0.3, 0.4) is 0 Å². The van der Waals surface area contributed by atoms with Gasteiger partial charge in [0.15, 0.2) is 0 Å². The zero-order chi connectivity index (χ0) is 25.4. The summed E-state index contributed by atoms with van der Waals surface area (Å²) >= 11 is 3.02. The maximum Gasteiger partial charge on any atom is 0.262 e. The van der Waals surface area contributed by atoms with Crippen LogP contribution in [0.5, 0.6) is 0 Å². The van der Waals surface area contributed by atoms with Crippen molar-refractivity contribution in [2.75, 3.05) is 18.0 Å². The van der Waals surface area contributed by atoms with Crippen molar-refractivity contribution in [2.45, 2.75) is 25.8 Å². The molecule has 7 nitrogen and oxygen atoms in total. The maximum absolute atomic E-state index is 15.4. The number of piperidine rings is 1. The summed E-state index contributed by atoms with van der Waals surface area (Å²) in [7, 11) is 0. The van der Waals surface area contributed by atoms with E-state index in [4.69, 9.17) is 0 Å². The van der Waals surface area contributed by atoms with Gasteiger partial charge in [-0.2, -0.15) is 0 Å². The lowest BCUT2D eigenvalue weighted by atomic mass is 10.0. The molecule has 1 saturated heterocycles. The van der Waals surface area contributed by atoms with Gasteiger partial charge in [0.05, 0.1) is 11.6 Å². The Balaban J connectivity index is 1.43. The molecular formula is C27H23FN6OS2. The summed E-state index contributed by atoms with van der Waals surface area (Å²) in [6.07, 6.45) is 6.98. The quantitative estimate of drug-likeness (QED) is 0.313. The topological polar surface area (TPSA) is 83.9 Å². The minimum Gasteiger partial charge on any atom is -0.315 e. The molecule has 0 aliphatic carbocycles. The predicted molar refractivity (Wildman–Crippen MR) is 146 cm³/mol. The Labute approximate surface area is 221 Å². The van der Waals surface area contributed by atoms with Crippen LogP contribution in [0.15, 0.2) is 61.1 Å². The molecule has 0 bridgehead atoms. The lowest BCUT2D eigenvalue weighted by Crippen LogP contribution is -2.49. The first kappa shape index (κ1) is 23.8. The highest BCUT2D eigenvalue weighted by atomic mass is 32.1. The van der Waals surface area contributed by atoms with E-state index in [0.717, 1.165) is 44.9 Å². The molecule has 0 spiro atoms. The summed E-state index contributed by atoms with van der Waals surface area (Å²) in [5.74, 6) is -0.432. The number of aryl methyl sites for hydroxylation is 1. The van der Waals surface area contributed by atoms with Crippen molar-refractivity contribution in [3.05, 3.63) is 77.4 Å². The zero-order valence-corrected chi connectivity index (χ0v) is 21.7. The van der Waals surface area contributed by atoms with E-state index in [0.29, 0.717) is 22.9 Å². The van der Waals surface area contributed by atoms with Crippen LogP contribution in [-0.2, 0) is 0 Å². The number of pyridine rings is 2. The monoisotopic (exact) mass is 530 g/mol. The van der Waals surface area contributed by atoms with Gasteiger partial charge in [0.1, 0.15) is 21.7 Å². The Morgan fingerprint density at radius 1 is 1.05 bits per heavy atom. The number of anilines is 1. The fourth-order valence-corrected chi connectivity index (χ4v) is 6.40. The number of benzene rings is 1. The fourth-order valence-electron chi connectivity index (χ4n) is 4.65. The Morgan fingerprint density at radius 3 is 2.65 bits per heavy atom. The van der Waals surface area contributed by atoms with Crippen molar-refractivity contribution in [1.82, 2.24) is 25.5 Å². The van der Waals surface area contributed by atoms with Crippen LogP contribution in [0.25, 0.3) is 31.1 Å². The summed E-state index contributed by atoms with van der Waals surface area (Å²) in [5.41, 5.74) is 1.66. The molecule has 5 heterocycles. The van der Waals surface area contributed by atoms with Crippen LogP contribution >= 0.6 is 22.7 Å². The molecule has 0 radical (unpaired) electrons. The van der Waals surface area contributed by atoms with E-state index in [-0.39, 0.29) is 11.6 Å². The Hall–Kier alpha value is -3.60. The van der Waals surface area contributed by atoms with Crippen molar-refractivity contribution in [3.63, 3.8) is 0 Å². The Bertz CT molecular complexity index is 1580. The van der Waals surface area contributed by atoms with Gasteiger partial charge in [0.2, 0.25) is 0 Å². The maximum atomic E-state index is 15.4. The van der Waals surface area contributed by atoms with E-state index in [1.54, 1.807) is 47.0 Å². The van der Waals surface area contributed by atoms with Crippen molar-refractivity contribution in [2.24, 2.45) is 0 Å². The number of nitrogens with zero attached hydrogens (tertiary/aromatic N) is 5. The molecule has 1 atom stereocenters. The molecule has 1 aromatic carbocycles. The molecule has 1 fully saturated rings. The first-order valence-electron chi connectivity index (χ1n) is 12.0. The van der Waals surface area contributed by atoms with Gasteiger partial charge in [-0.25, -0.2) is 9.37 Å². The number of nitrogens with one attached hydrogen (secondary N) is 1. The molecule has 1 aliphatic heterocycles. The van der Waals surface area contributed by atoms with E-state index in [1.807, 2.05) is 25.1 Å². The third-order valence-electron chi connectivity index (χ3n) is 6.44. The van der Waals surface area contributed by atoms with Gasteiger partial charge in [0, 0.05) is 45.7 Å². The number of aromatic nitrogens is 4. The summed E-state index contributed by atoms with van der Waals surface area (Å²) in [5, 5.41) is 13.8. The summed E-state index contributed by atoms with van der Waals surface area (Å²) in [4.78, 5) is 25.5. The van der Waals surface area contributed by atoms with Gasteiger partial charge in [0.25, 0.3) is 5.91 Å². The highest BCUT2D eigenvalue weighted by Gasteiger charge is 2.32. The van der Waals surface area contributed by atoms with Gasteiger partial charge >= 0.3 is 0 Å². The first-order chi connectivity index (χ1) is 18.1. The number of amides is 1. The van der Waals surface area contributed by atoms with E-state index in [9.17, 15) is 4.79 Å². The number of fused-ring (bicyclic) bond motifs is 1.